The molecule has 74 valence electrons. The fraction of sp³-hybridized carbons (Fsp3) is 0.200. The summed E-state index contributed by atoms with van der Waals surface area (Å²) in [5.74, 6) is 0.159. The summed E-state index contributed by atoms with van der Waals surface area (Å²) < 4.78 is 22.3. The van der Waals surface area contributed by atoms with E-state index in [1.165, 1.54) is 5.41 Å². The average molecular weight is 229 g/mol. The largest absolute Gasteiger partial charge is 0.224 e. The number of hydrogen-bond donors (Lipinski definition) is 0. The minimum Gasteiger partial charge on any atom is -0.224 e. The van der Waals surface area contributed by atoms with Crippen molar-refractivity contribution in [1.29, 1.82) is 0 Å². The van der Waals surface area contributed by atoms with Crippen molar-refractivity contribution >= 4 is 21.4 Å². The normalized spacial score (nSPS) is 23.9. The van der Waals surface area contributed by atoms with Crippen LogP contribution < -0.4 is 0 Å². The minimum atomic E-state index is -2.97. The molecule has 0 fully saturated rings. The Labute approximate surface area is 88.1 Å². The van der Waals surface area contributed by atoms with E-state index in [0.717, 1.165) is 5.56 Å². The molecule has 0 amide bonds. The van der Waals surface area contributed by atoms with Gasteiger partial charge in [-0.2, -0.15) is 0 Å². The van der Waals surface area contributed by atoms with Crippen molar-refractivity contribution in [2.24, 2.45) is 0 Å². The molecule has 1 aliphatic rings. The van der Waals surface area contributed by atoms with Gasteiger partial charge in [-0.1, -0.05) is 29.8 Å². The van der Waals surface area contributed by atoms with Gasteiger partial charge in [0.15, 0.2) is 9.84 Å². The van der Waals surface area contributed by atoms with Crippen molar-refractivity contribution in [2.75, 3.05) is 5.75 Å². The van der Waals surface area contributed by atoms with Gasteiger partial charge in [-0.3, -0.25) is 0 Å². The zero-order chi connectivity index (χ0) is 10.2. The third-order valence-corrected chi connectivity index (χ3v) is 3.88. The Morgan fingerprint density at radius 1 is 1.21 bits per heavy atom. The Morgan fingerprint density at radius 3 is 2.36 bits per heavy atom. The quantitative estimate of drug-likeness (QED) is 0.740. The molecule has 4 heteroatoms. The molecule has 1 unspecified atom stereocenters. The molecule has 2 nitrogen and oxygen atoms in total. The number of allylic oxidation sites excluding steroid dienone is 1. The highest BCUT2D eigenvalue weighted by Crippen LogP contribution is 2.26. The summed E-state index contributed by atoms with van der Waals surface area (Å²) in [6.07, 6.45) is 1.72. The van der Waals surface area contributed by atoms with E-state index in [1.807, 2.05) is 12.1 Å². The number of hydrogen-bond acceptors (Lipinski definition) is 2. The van der Waals surface area contributed by atoms with Crippen molar-refractivity contribution in [3.63, 3.8) is 0 Å². The SMILES string of the molecule is O=S1(=O)C=CC(c2ccc(Cl)cc2)C1. The summed E-state index contributed by atoms with van der Waals surface area (Å²) in [5, 5.41) is 1.95. The zero-order valence-corrected chi connectivity index (χ0v) is 8.92. The second-order valence-corrected chi connectivity index (χ2v) is 5.68. The van der Waals surface area contributed by atoms with Gasteiger partial charge >= 0.3 is 0 Å². The molecular weight excluding hydrogens is 220 g/mol. The van der Waals surface area contributed by atoms with E-state index >= 15 is 0 Å². The molecule has 14 heavy (non-hydrogen) atoms. The van der Waals surface area contributed by atoms with Crippen LogP contribution in [-0.4, -0.2) is 14.2 Å². The lowest BCUT2D eigenvalue weighted by molar-refractivity contribution is 0.604. The highest BCUT2D eigenvalue weighted by atomic mass is 35.5. The molecule has 0 saturated heterocycles. The maximum atomic E-state index is 11.2. The van der Waals surface area contributed by atoms with Crippen LogP contribution in [0.5, 0.6) is 0 Å². The molecule has 0 N–H and O–H groups in total. The summed E-state index contributed by atoms with van der Waals surface area (Å²) in [5.41, 5.74) is 0.992. The number of halogens is 1. The number of benzene rings is 1. The molecule has 2 rings (SSSR count). The fourth-order valence-electron chi connectivity index (χ4n) is 1.49. The smallest absolute Gasteiger partial charge is 0.172 e. The van der Waals surface area contributed by atoms with E-state index < -0.39 is 9.84 Å². The van der Waals surface area contributed by atoms with Crippen molar-refractivity contribution in [1.82, 2.24) is 0 Å². The summed E-state index contributed by atoms with van der Waals surface area (Å²) >= 11 is 5.74. The highest BCUT2D eigenvalue weighted by Gasteiger charge is 2.22. The Morgan fingerprint density at radius 2 is 1.86 bits per heavy atom. The molecule has 0 aliphatic carbocycles. The van der Waals surface area contributed by atoms with Gasteiger partial charge in [-0.05, 0) is 17.7 Å². The summed E-state index contributed by atoms with van der Waals surface area (Å²) in [4.78, 5) is 0. The second-order valence-electron chi connectivity index (χ2n) is 3.32. The van der Waals surface area contributed by atoms with Crippen molar-refractivity contribution < 1.29 is 8.42 Å². The first-order valence-electron chi connectivity index (χ1n) is 4.23. The first-order chi connectivity index (χ1) is 6.57. The molecule has 1 heterocycles. The van der Waals surface area contributed by atoms with Crippen molar-refractivity contribution in [2.45, 2.75) is 5.92 Å². The Balaban J connectivity index is 2.27. The maximum Gasteiger partial charge on any atom is 0.172 e. The average Bonchev–Trinajstić information content (AvgIpc) is 2.47. The van der Waals surface area contributed by atoms with Gasteiger partial charge < -0.3 is 0 Å². The monoisotopic (exact) mass is 228 g/mol. The van der Waals surface area contributed by atoms with Crippen molar-refractivity contribution in [3.05, 3.63) is 46.3 Å². The standard InChI is InChI=1S/C10H9ClO2S/c11-10-3-1-8(2-4-10)9-5-6-14(12,13)7-9/h1-6,9H,7H2. The minimum absolute atomic E-state index is 0.0164. The van der Waals surface area contributed by atoms with Gasteiger partial charge in [0.05, 0.1) is 5.75 Å². The van der Waals surface area contributed by atoms with Gasteiger partial charge in [-0.25, -0.2) is 8.42 Å². The maximum absolute atomic E-state index is 11.2. The third kappa shape index (κ3) is 1.99. The summed E-state index contributed by atoms with van der Waals surface area (Å²) in [6.45, 7) is 0. The lowest BCUT2D eigenvalue weighted by atomic mass is 10.0. The number of rotatable bonds is 1. The van der Waals surface area contributed by atoms with E-state index in [-0.39, 0.29) is 11.7 Å². The Kier molecular flexibility index (Phi) is 2.37. The topological polar surface area (TPSA) is 34.1 Å². The Bertz CT molecular complexity index is 459. The number of sulfone groups is 1. The Hall–Kier alpha value is -0.800. The van der Waals surface area contributed by atoms with Crippen LogP contribution in [0.25, 0.3) is 0 Å². The molecule has 1 aromatic rings. The van der Waals surface area contributed by atoms with E-state index in [1.54, 1.807) is 18.2 Å². The van der Waals surface area contributed by atoms with Gasteiger partial charge in [0, 0.05) is 16.3 Å². The molecule has 0 bridgehead atoms. The van der Waals surface area contributed by atoms with Crippen LogP contribution in [0.2, 0.25) is 5.02 Å². The molecular formula is C10H9ClO2S. The van der Waals surface area contributed by atoms with Crippen LogP contribution in [0, 0.1) is 0 Å². The highest BCUT2D eigenvalue weighted by molar-refractivity contribution is 7.94. The predicted molar refractivity (Wildman–Crippen MR) is 57.1 cm³/mol. The van der Waals surface area contributed by atoms with Crippen LogP contribution in [0.15, 0.2) is 35.7 Å². The summed E-state index contributed by atoms with van der Waals surface area (Å²) in [7, 11) is -2.97. The van der Waals surface area contributed by atoms with Crippen LogP contribution in [0.4, 0.5) is 0 Å². The van der Waals surface area contributed by atoms with E-state index in [0.29, 0.717) is 5.02 Å². The van der Waals surface area contributed by atoms with Crippen LogP contribution in [0.3, 0.4) is 0 Å². The van der Waals surface area contributed by atoms with E-state index in [2.05, 4.69) is 0 Å². The molecule has 1 aliphatic heterocycles. The third-order valence-electron chi connectivity index (χ3n) is 2.23. The van der Waals surface area contributed by atoms with Gasteiger partial charge in [0.25, 0.3) is 0 Å². The lowest BCUT2D eigenvalue weighted by Crippen LogP contribution is -2.03. The molecule has 0 radical (unpaired) electrons. The van der Waals surface area contributed by atoms with E-state index in [9.17, 15) is 8.42 Å². The zero-order valence-electron chi connectivity index (χ0n) is 7.35. The lowest BCUT2D eigenvalue weighted by Gasteiger charge is -2.06. The van der Waals surface area contributed by atoms with Crippen molar-refractivity contribution in [3.8, 4) is 0 Å². The van der Waals surface area contributed by atoms with Gasteiger partial charge in [-0.15, -0.1) is 0 Å². The molecule has 0 spiro atoms. The first kappa shape index (κ1) is 9.74. The fourth-order valence-corrected chi connectivity index (χ4v) is 2.96. The van der Waals surface area contributed by atoms with Gasteiger partial charge in [0.2, 0.25) is 0 Å². The predicted octanol–water partition coefficient (Wildman–Crippen LogP) is 2.37. The summed E-state index contributed by atoms with van der Waals surface area (Å²) in [6, 6.07) is 7.27. The molecule has 0 saturated carbocycles. The molecule has 1 atom stereocenters. The molecule has 1 aromatic carbocycles. The second kappa shape index (κ2) is 3.41. The molecule has 0 aromatic heterocycles. The van der Waals surface area contributed by atoms with E-state index in [4.69, 9.17) is 11.6 Å². The first-order valence-corrected chi connectivity index (χ1v) is 6.33. The van der Waals surface area contributed by atoms with Crippen LogP contribution >= 0.6 is 11.6 Å². The van der Waals surface area contributed by atoms with Crippen LogP contribution in [-0.2, 0) is 9.84 Å². The van der Waals surface area contributed by atoms with Crippen LogP contribution in [0.1, 0.15) is 11.5 Å². The van der Waals surface area contributed by atoms with Gasteiger partial charge in [0.1, 0.15) is 0 Å².